The summed E-state index contributed by atoms with van der Waals surface area (Å²) in [5, 5.41) is 0. The van der Waals surface area contributed by atoms with Crippen LogP contribution in [0, 0.1) is 29.7 Å². The van der Waals surface area contributed by atoms with Gasteiger partial charge >= 0.3 is 20.4 Å². The van der Waals surface area contributed by atoms with Crippen molar-refractivity contribution in [1.29, 1.82) is 0 Å². The largest absolute Gasteiger partial charge is 2.00 e. The number of hydrogen-bond acceptors (Lipinski definition) is 2. The summed E-state index contributed by atoms with van der Waals surface area (Å²) in [6.45, 7) is 1.19. The Morgan fingerprint density at radius 2 is 0.727 bits per heavy atom. The minimum Gasteiger partial charge on any atom is -1.00 e. The first-order valence-electron chi connectivity index (χ1n) is 1.32. The third-order valence-electron chi connectivity index (χ3n) is 0.167. The molecule has 0 aromatic carbocycles. The Labute approximate surface area is 99.4 Å². The van der Waals surface area contributed by atoms with Crippen molar-refractivity contribution < 1.29 is 45.2 Å². The fourth-order valence-corrected chi connectivity index (χ4v) is 0. The quantitative estimate of drug-likeness (QED) is 0.375. The Morgan fingerprint density at radius 1 is 0.636 bits per heavy atom. The van der Waals surface area contributed by atoms with Gasteiger partial charge in [0.2, 0.25) is 0 Å². The van der Waals surface area contributed by atoms with Crippen molar-refractivity contribution in [3.05, 3.63) is 29.7 Å². The molecular weight excluding hydrogens is 277 g/mol. The van der Waals surface area contributed by atoms with Crippen molar-refractivity contribution in [1.82, 2.24) is 0 Å². The van der Waals surface area contributed by atoms with E-state index in [1.807, 2.05) is 0 Å². The van der Waals surface area contributed by atoms with Crippen LogP contribution in [0.1, 0.15) is 0 Å². The van der Waals surface area contributed by atoms with Crippen LogP contribution < -0.4 is 36.3 Å². The van der Waals surface area contributed by atoms with Crippen molar-refractivity contribution in [3.63, 3.8) is 0 Å². The van der Waals surface area contributed by atoms with E-state index >= 15 is 0 Å². The number of rotatable bonds is 1. The second-order valence-corrected chi connectivity index (χ2v) is 0.577. The fraction of sp³-hybridized carbons (Fsp3) is 0.333. The van der Waals surface area contributed by atoms with E-state index in [2.05, 4.69) is 0 Å². The molecule has 11 heavy (non-hydrogen) atoms. The minimum absolute atomic E-state index is 0. The van der Waals surface area contributed by atoms with E-state index in [0.717, 1.165) is 0 Å². The molecule has 0 unspecified atom stereocenters. The zero-order valence-electron chi connectivity index (χ0n) is 7.64. The Morgan fingerprint density at radius 3 is 0.727 bits per heavy atom. The van der Waals surface area contributed by atoms with Gasteiger partial charge in [0.1, 0.15) is 0 Å². The Kier molecular flexibility index (Phi) is 917. The molecule has 0 fully saturated rings. The number of halogens is 2. The maximum Gasteiger partial charge on any atom is 2.00 e. The Balaban J connectivity index is -0.00000000214. The molecule has 0 aliphatic carbocycles. The SMILES string of the molecule is NCCN.[CH3-].[CH3-].[CH3-].[CH3-].[Cl-].[Cl-].[Pd+2]. The van der Waals surface area contributed by atoms with Gasteiger partial charge in [0.05, 0.1) is 0 Å². The topological polar surface area (TPSA) is 52.0 Å². The van der Waals surface area contributed by atoms with Gasteiger partial charge in [-0.1, -0.05) is 0 Å². The summed E-state index contributed by atoms with van der Waals surface area (Å²) in [4.78, 5) is 0. The van der Waals surface area contributed by atoms with Crippen LogP contribution in [0.3, 0.4) is 0 Å². The Hall–Kier alpha value is 1.16. The van der Waals surface area contributed by atoms with Crippen LogP contribution in [0.15, 0.2) is 0 Å². The molecule has 0 bridgehead atoms. The van der Waals surface area contributed by atoms with E-state index in [9.17, 15) is 0 Å². The van der Waals surface area contributed by atoms with Gasteiger partial charge in [0.15, 0.2) is 0 Å². The standard InChI is InChI=1S/C2H8N2.4CH3.2ClH.Pd/c3-1-2-4;;;;;;;/h1-4H2;4*1H3;2*1H;/q;4*-1;;;+2/p-2. The molecule has 0 aromatic rings. The van der Waals surface area contributed by atoms with Crippen LogP contribution in [-0.2, 0) is 20.4 Å². The summed E-state index contributed by atoms with van der Waals surface area (Å²) in [5.41, 5.74) is 9.81. The first-order valence-corrected chi connectivity index (χ1v) is 1.32. The molecule has 82 valence electrons. The number of nitrogens with two attached hydrogens (primary N) is 2. The third kappa shape index (κ3) is 200. The number of hydrogen-bond donors (Lipinski definition) is 2. The molecule has 0 atom stereocenters. The molecule has 2 nitrogen and oxygen atoms in total. The molecule has 0 saturated heterocycles. The van der Waals surface area contributed by atoms with Crippen LogP contribution in [-0.4, -0.2) is 13.1 Å². The van der Waals surface area contributed by atoms with E-state index in [4.69, 9.17) is 11.5 Å². The molecule has 0 saturated carbocycles. The van der Waals surface area contributed by atoms with E-state index in [-0.39, 0.29) is 74.9 Å². The van der Waals surface area contributed by atoms with Crippen molar-refractivity contribution >= 4 is 0 Å². The molecule has 0 aromatic heterocycles. The average Bonchev–Trinajstić information content (AvgIpc) is 1.37. The van der Waals surface area contributed by atoms with E-state index in [0.29, 0.717) is 13.1 Å². The van der Waals surface area contributed by atoms with Crippen molar-refractivity contribution in [2.45, 2.75) is 0 Å². The van der Waals surface area contributed by atoms with Gasteiger partial charge in [-0.05, 0) is 0 Å². The molecule has 0 heterocycles. The van der Waals surface area contributed by atoms with Gasteiger partial charge in [0.25, 0.3) is 0 Å². The predicted molar refractivity (Wildman–Crippen MR) is 43.8 cm³/mol. The van der Waals surface area contributed by atoms with Gasteiger partial charge in [-0.15, -0.1) is 0 Å². The maximum absolute atomic E-state index is 4.90. The van der Waals surface area contributed by atoms with Crippen molar-refractivity contribution in [2.24, 2.45) is 11.5 Å². The van der Waals surface area contributed by atoms with Crippen LogP contribution in [0.2, 0.25) is 0 Å². The molecule has 5 heteroatoms. The third-order valence-corrected chi connectivity index (χ3v) is 0.167. The molecular formula is C6H20Cl2N2Pd-4. The fourth-order valence-electron chi connectivity index (χ4n) is 0. The monoisotopic (exact) mass is 296 g/mol. The van der Waals surface area contributed by atoms with Gasteiger partial charge in [-0.3, -0.25) is 0 Å². The van der Waals surface area contributed by atoms with E-state index < -0.39 is 0 Å². The predicted octanol–water partition coefficient (Wildman–Crippen LogP) is -5.29. The van der Waals surface area contributed by atoms with Crippen molar-refractivity contribution in [3.8, 4) is 0 Å². The maximum atomic E-state index is 4.90. The summed E-state index contributed by atoms with van der Waals surface area (Å²) in [7, 11) is 0. The normalized spacial score (nSPS) is 2.73. The van der Waals surface area contributed by atoms with Gasteiger partial charge in [-0.25, -0.2) is 0 Å². The van der Waals surface area contributed by atoms with Crippen LogP contribution in [0.25, 0.3) is 0 Å². The molecule has 0 spiro atoms. The zero-order chi connectivity index (χ0) is 3.41. The second kappa shape index (κ2) is 115. The zero-order valence-corrected chi connectivity index (χ0v) is 10.7. The van der Waals surface area contributed by atoms with Crippen molar-refractivity contribution in [2.75, 3.05) is 13.1 Å². The molecule has 0 rings (SSSR count). The van der Waals surface area contributed by atoms with Gasteiger partial charge in [-0.2, -0.15) is 0 Å². The summed E-state index contributed by atoms with van der Waals surface area (Å²) in [6, 6.07) is 0. The Bertz CT molecular complexity index is 20.5. The smallest absolute Gasteiger partial charge is 1.00 e. The first kappa shape index (κ1) is 87.5. The average molecular weight is 298 g/mol. The molecule has 4 N–H and O–H groups in total. The molecule has 0 radical (unpaired) electrons. The molecule has 0 aliphatic rings. The van der Waals surface area contributed by atoms with Gasteiger partial charge in [0, 0.05) is 13.1 Å². The minimum atomic E-state index is 0. The molecule has 0 amide bonds. The summed E-state index contributed by atoms with van der Waals surface area (Å²) >= 11 is 0. The van der Waals surface area contributed by atoms with Crippen LogP contribution in [0.5, 0.6) is 0 Å². The van der Waals surface area contributed by atoms with Gasteiger partial charge < -0.3 is 66.0 Å². The first-order chi connectivity index (χ1) is 1.91. The van der Waals surface area contributed by atoms with E-state index in [1.165, 1.54) is 0 Å². The summed E-state index contributed by atoms with van der Waals surface area (Å²) < 4.78 is 0. The molecule has 0 aliphatic heterocycles. The summed E-state index contributed by atoms with van der Waals surface area (Å²) in [5.74, 6) is 0. The van der Waals surface area contributed by atoms with Crippen LogP contribution in [0.4, 0.5) is 0 Å². The second-order valence-electron chi connectivity index (χ2n) is 0.577. The summed E-state index contributed by atoms with van der Waals surface area (Å²) in [6.07, 6.45) is 0. The van der Waals surface area contributed by atoms with Crippen LogP contribution >= 0.6 is 0 Å². The van der Waals surface area contributed by atoms with E-state index in [1.54, 1.807) is 0 Å².